The molecule has 28 heavy (non-hydrogen) atoms. The predicted octanol–water partition coefficient (Wildman–Crippen LogP) is 2.07. The average Bonchev–Trinajstić information content (AvgIpc) is 3.01. The summed E-state index contributed by atoms with van der Waals surface area (Å²) in [6.07, 6.45) is 5.58. The number of fused-ring (bicyclic) bond motifs is 3. The Labute approximate surface area is 170 Å². The molecule has 1 fully saturated rings. The minimum absolute atomic E-state index is 0.0682. The number of sulfonamides is 1. The first-order valence-corrected chi connectivity index (χ1v) is 12.7. The minimum Gasteiger partial charge on any atom is -0.339 e. The maximum Gasteiger partial charge on any atom is 0.263 e. The molecule has 3 heterocycles. The van der Waals surface area contributed by atoms with E-state index in [1.165, 1.54) is 27.4 Å². The average molecular weight is 425 g/mol. The third-order valence-electron chi connectivity index (χ3n) is 5.59. The predicted molar refractivity (Wildman–Crippen MR) is 114 cm³/mol. The van der Waals surface area contributed by atoms with E-state index in [4.69, 9.17) is 4.98 Å². The lowest BCUT2D eigenvalue weighted by atomic mass is 9.97. The third-order valence-corrected chi connectivity index (χ3v) is 8.08. The number of nitrogens with zero attached hydrogens (tertiary/aromatic N) is 4. The van der Waals surface area contributed by atoms with Crippen molar-refractivity contribution in [2.75, 3.05) is 37.3 Å². The summed E-state index contributed by atoms with van der Waals surface area (Å²) in [6.45, 7) is 6.78. The molecule has 0 radical (unpaired) electrons. The van der Waals surface area contributed by atoms with E-state index >= 15 is 0 Å². The molecule has 0 atom stereocenters. The van der Waals surface area contributed by atoms with Crippen molar-refractivity contribution in [3.63, 3.8) is 0 Å². The maximum absolute atomic E-state index is 13.5. The number of hydrogen-bond donors (Lipinski definition) is 0. The molecule has 2 aliphatic rings. The minimum atomic E-state index is -3.19. The molecule has 7 nitrogen and oxygen atoms in total. The normalized spacial score (nSPS) is 18.8. The van der Waals surface area contributed by atoms with Crippen LogP contribution in [0.2, 0.25) is 0 Å². The Hall–Kier alpha value is -1.45. The number of anilines is 1. The molecule has 2 aromatic rings. The van der Waals surface area contributed by atoms with Crippen LogP contribution in [0.25, 0.3) is 10.2 Å². The molecule has 0 amide bonds. The molecule has 4 rings (SSSR count). The summed E-state index contributed by atoms with van der Waals surface area (Å²) in [5.41, 5.74) is 1.29. The maximum atomic E-state index is 13.5. The van der Waals surface area contributed by atoms with Gasteiger partial charge in [0, 0.05) is 37.6 Å². The van der Waals surface area contributed by atoms with E-state index in [-0.39, 0.29) is 5.56 Å². The van der Waals surface area contributed by atoms with Crippen molar-refractivity contribution < 1.29 is 8.42 Å². The molecule has 0 spiro atoms. The van der Waals surface area contributed by atoms with Crippen molar-refractivity contribution in [1.82, 2.24) is 13.9 Å². The highest BCUT2D eigenvalue weighted by atomic mass is 32.2. The van der Waals surface area contributed by atoms with Gasteiger partial charge in [-0.3, -0.25) is 9.36 Å². The second kappa shape index (κ2) is 7.42. The van der Waals surface area contributed by atoms with Crippen molar-refractivity contribution >= 4 is 37.5 Å². The van der Waals surface area contributed by atoms with Gasteiger partial charge in [-0.15, -0.1) is 11.3 Å². The molecular weight excluding hydrogens is 396 g/mol. The van der Waals surface area contributed by atoms with E-state index in [2.05, 4.69) is 18.7 Å². The SMILES string of the molecule is CC(C)Cn1c(N2CCN(S(C)(=O)=O)CC2)nc2sc3c(c2c1=O)CCCC3. The van der Waals surface area contributed by atoms with Crippen LogP contribution in [-0.2, 0) is 29.4 Å². The largest absolute Gasteiger partial charge is 0.339 e. The molecule has 1 aliphatic carbocycles. The molecule has 1 saturated heterocycles. The Bertz CT molecular complexity index is 1050. The van der Waals surface area contributed by atoms with Crippen molar-refractivity contribution in [3.05, 3.63) is 20.8 Å². The zero-order chi connectivity index (χ0) is 20.1. The van der Waals surface area contributed by atoms with Crippen molar-refractivity contribution in [1.29, 1.82) is 0 Å². The van der Waals surface area contributed by atoms with Gasteiger partial charge in [0.25, 0.3) is 5.56 Å². The van der Waals surface area contributed by atoms with E-state index < -0.39 is 10.0 Å². The van der Waals surface area contributed by atoms with Gasteiger partial charge in [-0.1, -0.05) is 13.8 Å². The van der Waals surface area contributed by atoms with Crippen LogP contribution in [-0.4, -0.2) is 54.7 Å². The number of thiophene rings is 1. The number of hydrogen-bond acceptors (Lipinski definition) is 6. The number of aryl methyl sites for hydroxylation is 2. The van der Waals surface area contributed by atoms with Crippen LogP contribution in [0.5, 0.6) is 0 Å². The van der Waals surface area contributed by atoms with Crippen LogP contribution in [0, 0.1) is 5.92 Å². The highest BCUT2D eigenvalue weighted by Crippen LogP contribution is 2.34. The lowest BCUT2D eigenvalue weighted by Crippen LogP contribution is -2.50. The van der Waals surface area contributed by atoms with Crippen LogP contribution < -0.4 is 10.5 Å². The quantitative estimate of drug-likeness (QED) is 0.751. The van der Waals surface area contributed by atoms with Gasteiger partial charge < -0.3 is 4.90 Å². The van der Waals surface area contributed by atoms with Crippen molar-refractivity contribution in [2.45, 2.75) is 46.1 Å². The van der Waals surface area contributed by atoms with Crippen molar-refractivity contribution in [2.24, 2.45) is 5.92 Å². The van der Waals surface area contributed by atoms with Gasteiger partial charge in [-0.25, -0.2) is 13.4 Å². The zero-order valence-electron chi connectivity index (χ0n) is 16.8. The number of piperazine rings is 1. The lowest BCUT2D eigenvalue weighted by Gasteiger charge is -2.35. The summed E-state index contributed by atoms with van der Waals surface area (Å²) < 4.78 is 27.0. The summed E-state index contributed by atoms with van der Waals surface area (Å²) in [5.74, 6) is 1.01. The molecule has 2 aromatic heterocycles. The summed E-state index contributed by atoms with van der Waals surface area (Å²) in [4.78, 5) is 22.7. The molecule has 0 saturated carbocycles. The van der Waals surface area contributed by atoms with Gasteiger partial charge in [-0.2, -0.15) is 4.31 Å². The lowest BCUT2D eigenvalue weighted by molar-refractivity contribution is 0.381. The van der Waals surface area contributed by atoms with Gasteiger partial charge in [0.2, 0.25) is 16.0 Å². The first-order chi connectivity index (χ1) is 13.3. The summed E-state index contributed by atoms with van der Waals surface area (Å²) in [5, 5.41) is 0.818. The van der Waals surface area contributed by atoms with Crippen LogP contribution >= 0.6 is 11.3 Å². The first-order valence-electron chi connectivity index (χ1n) is 10.0. The highest BCUT2D eigenvalue weighted by Gasteiger charge is 2.28. The Morgan fingerprint density at radius 2 is 1.79 bits per heavy atom. The highest BCUT2D eigenvalue weighted by molar-refractivity contribution is 7.88. The molecule has 154 valence electrons. The van der Waals surface area contributed by atoms with Gasteiger partial charge in [-0.05, 0) is 37.2 Å². The topological polar surface area (TPSA) is 75.5 Å². The number of rotatable bonds is 4. The molecule has 0 unspecified atom stereocenters. The molecule has 1 aliphatic heterocycles. The Morgan fingerprint density at radius 3 is 2.43 bits per heavy atom. The third kappa shape index (κ3) is 3.59. The fourth-order valence-corrected chi connectivity index (χ4v) is 6.29. The Balaban J connectivity index is 1.78. The van der Waals surface area contributed by atoms with Crippen molar-refractivity contribution in [3.8, 4) is 0 Å². The smallest absolute Gasteiger partial charge is 0.263 e. The van der Waals surface area contributed by atoms with Crippen LogP contribution in [0.1, 0.15) is 37.1 Å². The van der Waals surface area contributed by atoms with E-state index in [1.807, 2.05) is 4.57 Å². The van der Waals surface area contributed by atoms with E-state index in [9.17, 15) is 13.2 Å². The Morgan fingerprint density at radius 1 is 1.11 bits per heavy atom. The second-order valence-electron chi connectivity index (χ2n) is 8.26. The van der Waals surface area contributed by atoms with Crippen LogP contribution in [0.3, 0.4) is 0 Å². The van der Waals surface area contributed by atoms with E-state index in [1.54, 1.807) is 11.3 Å². The molecule has 0 N–H and O–H groups in total. The standard InChI is InChI=1S/C19H28N4O3S2/c1-13(2)12-23-18(24)16-14-6-4-5-7-15(14)27-17(16)20-19(23)21-8-10-22(11-9-21)28(3,25)26/h13H,4-12H2,1-3H3. The summed E-state index contributed by atoms with van der Waals surface area (Å²) in [7, 11) is -3.19. The summed E-state index contributed by atoms with van der Waals surface area (Å²) >= 11 is 1.67. The fourth-order valence-electron chi connectivity index (χ4n) is 4.22. The van der Waals surface area contributed by atoms with Gasteiger partial charge >= 0.3 is 0 Å². The van der Waals surface area contributed by atoms with Gasteiger partial charge in [0.15, 0.2) is 0 Å². The summed E-state index contributed by atoms with van der Waals surface area (Å²) in [6, 6.07) is 0. The zero-order valence-corrected chi connectivity index (χ0v) is 18.4. The fraction of sp³-hybridized carbons (Fsp3) is 0.684. The van der Waals surface area contributed by atoms with Crippen LogP contribution in [0.15, 0.2) is 4.79 Å². The number of aromatic nitrogens is 2. The van der Waals surface area contributed by atoms with E-state index in [0.717, 1.165) is 29.5 Å². The van der Waals surface area contributed by atoms with E-state index in [0.29, 0.717) is 44.6 Å². The molecule has 0 bridgehead atoms. The monoisotopic (exact) mass is 424 g/mol. The second-order valence-corrected chi connectivity index (χ2v) is 11.3. The molecule has 0 aromatic carbocycles. The Kier molecular flexibility index (Phi) is 5.26. The molecular formula is C19H28N4O3S2. The van der Waals surface area contributed by atoms with Crippen LogP contribution in [0.4, 0.5) is 5.95 Å². The molecule has 9 heteroatoms. The van der Waals surface area contributed by atoms with Gasteiger partial charge in [0.1, 0.15) is 4.83 Å². The van der Waals surface area contributed by atoms with Gasteiger partial charge in [0.05, 0.1) is 11.6 Å². The first kappa shape index (κ1) is 19.8.